The first-order chi connectivity index (χ1) is 17.3. The summed E-state index contributed by atoms with van der Waals surface area (Å²) in [6, 6.07) is 16.3. The molecule has 0 saturated carbocycles. The summed E-state index contributed by atoms with van der Waals surface area (Å²) in [7, 11) is 0.365. The van der Waals surface area contributed by atoms with E-state index in [0.29, 0.717) is 18.2 Å². The van der Waals surface area contributed by atoms with Crippen LogP contribution in [-0.2, 0) is 10.0 Å². The van der Waals surface area contributed by atoms with Gasteiger partial charge in [-0.3, -0.25) is 0 Å². The summed E-state index contributed by atoms with van der Waals surface area (Å²) >= 11 is 1.57. The van der Waals surface area contributed by atoms with Crippen LogP contribution in [0.15, 0.2) is 71.1 Å². The predicted molar refractivity (Wildman–Crippen MR) is 146 cm³/mol. The molecule has 2 heterocycles. The maximum Gasteiger partial charge on any atom is 0.240 e. The molecular formula is C25H29N7O2S2. The van der Waals surface area contributed by atoms with Crippen molar-refractivity contribution in [3.8, 4) is 11.3 Å². The Morgan fingerprint density at radius 2 is 1.61 bits per heavy atom. The Morgan fingerprint density at radius 3 is 2.28 bits per heavy atom. The molecule has 2 aromatic carbocycles. The van der Waals surface area contributed by atoms with Crippen molar-refractivity contribution in [3.63, 3.8) is 0 Å². The minimum Gasteiger partial charge on any atom is -0.332 e. The van der Waals surface area contributed by atoms with E-state index in [1.54, 1.807) is 41.8 Å². The summed E-state index contributed by atoms with van der Waals surface area (Å²) in [5.41, 5.74) is 4.34. The quantitative estimate of drug-likeness (QED) is 0.244. The molecule has 9 nitrogen and oxygen atoms in total. The van der Waals surface area contributed by atoms with E-state index < -0.39 is 10.0 Å². The first-order valence-corrected chi connectivity index (χ1v) is 13.8. The molecule has 0 fully saturated rings. The van der Waals surface area contributed by atoms with Crippen LogP contribution in [0, 0.1) is 6.92 Å². The van der Waals surface area contributed by atoms with Gasteiger partial charge in [0.2, 0.25) is 16.0 Å². The van der Waals surface area contributed by atoms with E-state index >= 15 is 0 Å². The molecule has 36 heavy (non-hydrogen) atoms. The second-order valence-corrected chi connectivity index (χ2v) is 11.1. The van der Waals surface area contributed by atoms with Crippen LogP contribution >= 0.6 is 11.3 Å². The van der Waals surface area contributed by atoms with Gasteiger partial charge in [0.25, 0.3) is 0 Å². The predicted octanol–water partition coefficient (Wildman–Crippen LogP) is 4.63. The first kappa shape index (κ1) is 25.7. The van der Waals surface area contributed by atoms with Gasteiger partial charge in [-0.2, -0.15) is 0 Å². The molecule has 4 aromatic rings. The highest BCUT2D eigenvalue weighted by Gasteiger charge is 2.13. The largest absolute Gasteiger partial charge is 0.332 e. The molecule has 0 unspecified atom stereocenters. The van der Waals surface area contributed by atoms with Gasteiger partial charge in [0, 0.05) is 35.1 Å². The number of aromatic nitrogens is 3. The number of anilines is 4. The van der Waals surface area contributed by atoms with Gasteiger partial charge in [0.1, 0.15) is 0 Å². The number of hydrogen-bond acceptors (Lipinski definition) is 9. The Hall–Kier alpha value is -3.38. The van der Waals surface area contributed by atoms with Crippen LogP contribution in [-0.4, -0.2) is 55.5 Å². The Labute approximate surface area is 215 Å². The van der Waals surface area contributed by atoms with E-state index in [9.17, 15) is 8.42 Å². The lowest BCUT2D eigenvalue weighted by Crippen LogP contribution is -2.27. The topological polar surface area (TPSA) is 112 Å². The van der Waals surface area contributed by atoms with Crippen molar-refractivity contribution in [2.24, 2.45) is 0 Å². The van der Waals surface area contributed by atoms with Crippen LogP contribution in [0.2, 0.25) is 0 Å². The Kier molecular flexibility index (Phi) is 8.26. The second-order valence-electron chi connectivity index (χ2n) is 8.47. The molecule has 0 aliphatic carbocycles. The van der Waals surface area contributed by atoms with Gasteiger partial charge < -0.3 is 15.5 Å². The molecule has 0 aliphatic rings. The number of benzene rings is 2. The molecule has 0 bridgehead atoms. The maximum atomic E-state index is 12.5. The standard InChI is InChI=1S/C25H29N7O2S2/c1-18-17-35-25(28-18)30-21-7-5-19(6-8-21)23-13-15-26-24(31-23)29-20-9-11-22(12-10-20)36(33,34)27-14-4-16-32(2)3/h5-13,15,17,27H,4,14,16H2,1-3H3,(H,28,30)(H,26,29,31). The molecular weight excluding hydrogens is 494 g/mol. The lowest BCUT2D eigenvalue weighted by Gasteiger charge is -2.11. The monoisotopic (exact) mass is 523 g/mol. The summed E-state index contributed by atoms with van der Waals surface area (Å²) in [6.45, 7) is 3.17. The van der Waals surface area contributed by atoms with E-state index in [4.69, 9.17) is 0 Å². The average Bonchev–Trinajstić information content (AvgIpc) is 3.27. The number of nitrogens with one attached hydrogen (secondary N) is 3. The zero-order chi connectivity index (χ0) is 25.5. The fraction of sp³-hybridized carbons (Fsp3) is 0.240. The van der Waals surface area contributed by atoms with Crippen molar-refractivity contribution in [3.05, 3.63) is 71.9 Å². The Morgan fingerprint density at radius 1 is 0.917 bits per heavy atom. The Balaban J connectivity index is 1.38. The minimum absolute atomic E-state index is 0.217. The van der Waals surface area contributed by atoms with Crippen LogP contribution in [0.1, 0.15) is 12.1 Å². The molecule has 3 N–H and O–H groups in total. The number of aryl methyl sites for hydroxylation is 1. The number of nitrogens with zero attached hydrogens (tertiary/aromatic N) is 4. The van der Waals surface area contributed by atoms with Gasteiger partial charge >= 0.3 is 0 Å². The van der Waals surface area contributed by atoms with E-state index in [2.05, 4.69) is 30.3 Å². The third-order valence-corrected chi connectivity index (χ3v) is 7.55. The van der Waals surface area contributed by atoms with Crippen LogP contribution in [0.5, 0.6) is 0 Å². The second kappa shape index (κ2) is 11.6. The van der Waals surface area contributed by atoms with Crippen LogP contribution < -0.4 is 15.4 Å². The molecule has 0 atom stereocenters. The third-order valence-electron chi connectivity index (χ3n) is 5.20. The number of thiazole rings is 1. The average molecular weight is 524 g/mol. The molecule has 0 amide bonds. The fourth-order valence-corrected chi connectivity index (χ4v) is 5.15. The molecule has 11 heteroatoms. The number of sulfonamides is 1. The summed E-state index contributed by atoms with van der Waals surface area (Å²) in [6.07, 6.45) is 2.43. The van der Waals surface area contributed by atoms with Gasteiger partial charge in [-0.25, -0.2) is 28.1 Å². The third kappa shape index (κ3) is 7.08. The molecule has 0 spiro atoms. The fourth-order valence-electron chi connectivity index (χ4n) is 3.37. The highest BCUT2D eigenvalue weighted by atomic mass is 32.2. The zero-order valence-corrected chi connectivity index (χ0v) is 22.0. The van der Waals surface area contributed by atoms with Crippen molar-refractivity contribution in [1.29, 1.82) is 0 Å². The van der Waals surface area contributed by atoms with Gasteiger partial charge in [-0.15, -0.1) is 11.3 Å². The van der Waals surface area contributed by atoms with Crippen LogP contribution in [0.4, 0.5) is 22.5 Å². The van der Waals surface area contributed by atoms with Gasteiger partial charge in [-0.1, -0.05) is 12.1 Å². The summed E-state index contributed by atoms with van der Waals surface area (Å²) in [4.78, 5) is 15.6. The molecule has 188 valence electrons. The zero-order valence-electron chi connectivity index (χ0n) is 20.4. The van der Waals surface area contributed by atoms with Gasteiger partial charge in [-0.05, 0) is 76.4 Å². The van der Waals surface area contributed by atoms with E-state index in [1.807, 2.05) is 61.6 Å². The summed E-state index contributed by atoms with van der Waals surface area (Å²) in [5, 5.41) is 9.29. The van der Waals surface area contributed by atoms with Crippen molar-refractivity contribution in [2.75, 3.05) is 37.8 Å². The summed E-state index contributed by atoms with van der Waals surface area (Å²) < 4.78 is 27.6. The first-order valence-electron chi connectivity index (χ1n) is 11.4. The van der Waals surface area contributed by atoms with Crippen molar-refractivity contribution in [1.82, 2.24) is 24.6 Å². The van der Waals surface area contributed by atoms with E-state index in [1.165, 1.54) is 0 Å². The Bertz CT molecular complexity index is 1390. The molecule has 2 aromatic heterocycles. The highest BCUT2D eigenvalue weighted by molar-refractivity contribution is 7.89. The van der Waals surface area contributed by atoms with Crippen molar-refractivity contribution < 1.29 is 8.42 Å². The SMILES string of the molecule is Cc1csc(Nc2ccc(-c3ccnc(Nc4ccc(S(=O)(=O)NCCCN(C)C)cc4)n3)cc2)n1. The lowest BCUT2D eigenvalue weighted by molar-refractivity contribution is 0.400. The van der Waals surface area contributed by atoms with Crippen LogP contribution in [0.3, 0.4) is 0 Å². The molecule has 4 rings (SSSR count). The van der Waals surface area contributed by atoms with Gasteiger partial charge in [0.05, 0.1) is 16.3 Å². The van der Waals surface area contributed by atoms with E-state index in [0.717, 1.165) is 40.7 Å². The highest BCUT2D eigenvalue weighted by Crippen LogP contribution is 2.25. The maximum absolute atomic E-state index is 12.5. The normalized spacial score (nSPS) is 11.6. The van der Waals surface area contributed by atoms with Crippen molar-refractivity contribution >= 4 is 43.8 Å². The van der Waals surface area contributed by atoms with Crippen LogP contribution in [0.25, 0.3) is 11.3 Å². The summed E-state index contributed by atoms with van der Waals surface area (Å²) in [5.74, 6) is 0.422. The number of rotatable bonds is 11. The van der Waals surface area contributed by atoms with Gasteiger partial charge in [0.15, 0.2) is 5.13 Å². The minimum atomic E-state index is -3.55. The van der Waals surface area contributed by atoms with Crippen molar-refractivity contribution in [2.45, 2.75) is 18.2 Å². The molecule has 0 aliphatic heterocycles. The molecule has 0 radical (unpaired) electrons. The van der Waals surface area contributed by atoms with E-state index in [-0.39, 0.29) is 4.90 Å². The smallest absolute Gasteiger partial charge is 0.240 e. The number of hydrogen-bond donors (Lipinski definition) is 3. The molecule has 0 saturated heterocycles. The lowest BCUT2D eigenvalue weighted by atomic mass is 10.1.